The second-order valence-corrected chi connectivity index (χ2v) is 7.98. The number of nitrogens with one attached hydrogen (secondary N) is 1. The fraction of sp³-hybridized carbons (Fsp3) is 0.333. The number of fused-ring (bicyclic) bond motifs is 4. The highest BCUT2D eigenvalue weighted by molar-refractivity contribution is 9.10. The van der Waals surface area contributed by atoms with Crippen molar-refractivity contribution >= 4 is 38.9 Å². The van der Waals surface area contributed by atoms with E-state index in [1.54, 1.807) is 7.11 Å². The lowest BCUT2D eigenvalue weighted by Crippen LogP contribution is -2.31. The van der Waals surface area contributed by atoms with E-state index in [0.29, 0.717) is 48.8 Å². The zero-order valence-electron chi connectivity index (χ0n) is 17.1. The summed E-state index contributed by atoms with van der Waals surface area (Å²) in [6, 6.07) is 7.71. The monoisotopic (exact) mass is 487 g/mol. The molecule has 2 aliphatic heterocycles. The molecule has 0 unspecified atom stereocenters. The molecule has 0 spiro atoms. The predicted molar refractivity (Wildman–Crippen MR) is 121 cm³/mol. The van der Waals surface area contributed by atoms with E-state index in [4.69, 9.17) is 29.7 Å². The second kappa shape index (κ2) is 7.84. The molecule has 2 aliphatic rings. The number of halogens is 1. The summed E-state index contributed by atoms with van der Waals surface area (Å²) in [6.45, 7) is 3.65. The summed E-state index contributed by atoms with van der Waals surface area (Å²) in [5.74, 6) is 3.52. The van der Waals surface area contributed by atoms with Gasteiger partial charge in [-0.05, 0) is 35.0 Å². The van der Waals surface area contributed by atoms with Crippen molar-refractivity contribution in [3.05, 3.63) is 34.3 Å². The Morgan fingerprint density at radius 3 is 2.74 bits per heavy atom. The van der Waals surface area contributed by atoms with Crippen LogP contribution in [0.2, 0.25) is 0 Å². The molecule has 1 aromatic heterocycles. The predicted octanol–water partition coefficient (Wildman–Crippen LogP) is 3.65. The number of imidazole rings is 1. The van der Waals surface area contributed by atoms with Gasteiger partial charge in [0.05, 0.1) is 42.4 Å². The van der Waals surface area contributed by atoms with Gasteiger partial charge in [0.15, 0.2) is 35.1 Å². The van der Waals surface area contributed by atoms with E-state index in [2.05, 4.69) is 26.2 Å². The molecule has 3 heterocycles. The van der Waals surface area contributed by atoms with Crippen molar-refractivity contribution in [2.24, 2.45) is 10.7 Å². The molecule has 1 atom stereocenters. The van der Waals surface area contributed by atoms with Crippen LogP contribution in [0.4, 0.5) is 5.95 Å². The van der Waals surface area contributed by atoms with Gasteiger partial charge in [0.2, 0.25) is 5.95 Å². The molecule has 0 saturated heterocycles. The van der Waals surface area contributed by atoms with Crippen LogP contribution < -0.4 is 30.0 Å². The van der Waals surface area contributed by atoms with E-state index in [9.17, 15) is 0 Å². The molecule has 0 radical (unpaired) electrons. The van der Waals surface area contributed by atoms with Crippen LogP contribution in [0.25, 0.3) is 11.0 Å². The Labute approximate surface area is 187 Å². The van der Waals surface area contributed by atoms with E-state index in [1.165, 1.54) is 0 Å². The van der Waals surface area contributed by atoms with Crippen LogP contribution in [0.5, 0.6) is 23.0 Å². The minimum atomic E-state index is -0.451. The first-order valence-electron chi connectivity index (χ1n) is 10.0. The highest BCUT2D eigenvalue weighted by Crippen LogP contribution is 2.42. The summed E-state index contributed by atoms with van der Waals surface area (Å²) < 4.78 is 25.8. The number of aromatic nitrogens is 2. The Morgan fingerprint density at radius 2 is 2.00 bits per heavy atom. The number of aliphatic imine (C=N–C) groups is 1. The molecule has 0 aliphatic carbocycles. The first kappa shape index (κ1) is 19.8. The molecule has 0 saturated carbocycles. The van der Waals surface area contributed by atoms with E-state index in [-0.39, 0.29) is 5.96 Å². The molecule has 162 valence electrons. The number of rotatable bonds is 4. The van der Waals surface area contributed by atoms with Gasteiger partial charge in [-0.25, -0.2) is 9.98 Å². The lowest BCUT2D eigenvalue weighted by Gasteiger charge is -2.25. The summed E-state index contributed by atoms with van der Waals surface area (Å²) in [5.41, 5.74) is 8.59. The topological polar surface area (TPSA) is 105 Å². The number of hydrogen-bond donors (Lipinski definition) is 2. The Morgan fingerprint density at radius 1 is 1.23 bits per heavy atom. The summed E-state index contributed by atoms with van der Waals surface area (Å²) in [4.78, 5) is 9.38. The number of methoxy groups -OCH3 is 1. The Hall–Kier alpha value is -3.14. The van der Waals surface area contributed by atoms with E-state index < -0.39 is 6.17 Å². The van der Waals surface area contributed by atoms with Gasteiger partial charge < -0.3 is 24.7 Å². The van der Waals surface area contributed by atoms with Crippen molar-refractivity contribution in [2.75, 3.05) is 32.2 Å². The van der Waals surface area contributed by atoms with Crippen LogP contribution in [-0.2, 0) is 0 Å². The Balaban J connectivity index is 1.69. The summed E-state index contributed by atoms with van der Waals surface area (Å²) in [6.07, 6.45) is 0.385. The van der Waals surface area contributed by atoms with Gasteiger partial charge in [-0.1, -0.05) is 0 Å². The van der Waals surface area contributed by atoms with Crippen LogP contribution in [0, 0.1) is 0 Å². The fourth-order valence-electron chi connectivity index (χ4n) is 3.85. The van der Waals surface area contributed by atoms with Crippen molar-refractivity contribution in [3.63, 3.8) is 0 Å². The standard InChI is InChI=1S/C21H22BrN5O4/c1-3-29-17-8-11(7-12(22)18(17)28-2)19-25-20(23)26-21-24-13-9-15-16(10-14(13)27(19)21)31-6-4-5-30-15/h7-10,19H,3-6H2,1-2H3,(H3,23,24,25,26)/t19-/m1/s1. The Kier molecular flexibility index (Phi) is 5.01. The number of ether oxygens (including phenoxy) is 4. The highest BCUT2D eigenvalue weighted by atomic mass is 79.9. The Bertz CT molecular complexity index is 1190. The molecule has 0 amide bonds. The van der Waals surface area contributed by atoms with E-state index in [1.807, 2.05) is 35.8 Å². The van der Waals surface area contributed by atoms with Crippen molar-refractivity contribution in [2.45, 2.75) is 19.5 Å². The third-order valence-electron chi connectivity index (χ3n) is 5.14. The quantitative estimate of drug-likeness (QED) is 0.578. The molecule has 5 rings (SSSR count). The van der Waals surface area contributed by atoms with E-state index in [0.717, 1.165) is 27.5 Å². The van der Waals surface area contributed by atoms with Gasteiger partial charge >= 0.3 is 0 Å². The number of guanidine groups is 1. The number of nitrogens with two attached hydrogens (primary N) is 1. The first-order chi connectivity index (χ1) is 15.1. The molecule has 3 aromatic rings. The van der Waals surface area contributed by atoms with Gasteiger partial charge in [0.1, 0.15) is 0 Å². The average molecular weight is 488 g/mol. The van der Waals surface area contributed by atoms with Crippen LogP contribution >= 0.6 is 15.9 Å². The normalized spacial score (nSPS) is 17.4. The maximum atomic E-state index is 6.10. The van der Waals surface area contributed by atoms with Gasteiger partial charge in [-0.3, -0.25) is 9.88 Å². The maximum absolute atomic E-state index is 6.10. The fourth-order valence-corrected chi connectivity index (χ4v) is 4.47. The van der Waals surface area contributed by atoms with Crippen molar-refractivity contribution < 1.29 is 18.9 Å². The molecular weight excluding hydrogens is 466 g/mol. The maximum Gasteiger partial charge on any atom is 0.212 e. The average Bonchev–Trinajstić information content (AvgIpc) is 2.93. The lowest BCUT2D eigenvalue weighted by atomic mass is 10.1. The zero-order chi connectivity index (χ0) is 21.5. The molecule has 0 bridgehead atoms. The number of nitrogens with zero attached hydrogens (tertiary/aromatic N) is 3. The molecule has 2 aromatic carbocycles. The number of anilines is 1. The largest absolute Gasteiger partial charge is 0.492 e. The number of hydrogen-bond acceptors (Lipinski definition) is 8. The minimum absolute atomic E-state index is 0.284. The second-order valence-electron chi connectivity index (χ2n) is 7.12. The zero-order valence-corrected chi connectivity index (χ0v) is 18.7. The first-order valence-corrected chi connectivity index (χ1v) is 10.8. The van der Waals surface area contributed by atoms with Crippen molar-refractivity contribution in [1.82, 2.24) is 9.55 Å². The van der Waals surface area contributed by atoms with Crippen LogP contribution in [0.3, 0.4) is 0 Å². The third-order valence-corrected chi connectivity index (χ3v) is 5.73. The van der Waals surface area contributed by atoms with Gasteiger partial charge in [0.25, 0.3) is 0 Å². The molecule has 3 N–H and O–H groups in total. The van der Waals surface area contributed by atoms with Crippen molar-refractivity contribution in [3.8, 4) is 23.0 Å². The van der Waals surface area contributed by atoms with Crippen LogP contribution in [0.1, 0.15) is 25.1 Å². The van der Waals surface area contributed by atoms with Gasteiger partial charge in [-0.15, -0.1) is 0 Å². The minimum Gasteiger partial charge on any atom is -0.492 e. The van der Waals surface area contributed by atoms with Gasteiger partial charge in [-0.2, -0.15) is 0 Å². The smallest absolute Gasteiger partial charge is 0.212 e. The van der Waals surface area contributed by atoms with Crippen LogP contribution in [-0.4, -0.2) is 42.4 Å². The van der Waals surface area contributed by atoms with E-state index >= 15 is 0 Å². The van der Waals surface area contributed by atoms with Crippen molar-refractivity contribution in [1.29, 1.82) is 0 Å². The third kappa shape index (κ3) is 3.40. The summed E-state index contributed by atoms with van der Waals surface area (Å²) in [5, 5.41) is 3.06. The number of benzene rings is 2. The molecule has 31 heavy (non-hydrogen) atoms. The summed E-state index contributed by atoms with van der Waals surface area (Å²) >= 11 is 3.59. The van der Waals surface area contributed by atoms with Crippen LogP contribution in [0.15, 0.2) is 33.7 Å². The molecule has 0 fully saturated rings. The summed E-state index contributed by atoms with van der Waals surface area (Å²) in [7, 11) is 1.61. The van der Waals surface area contributed by atoms with Gasteiger partial charge in [0, 0.05) is 24.1 Å². The molecular formula is C21H22BrN5O4. The molecule has 9 nitrogen and oxygen atoms in total. The SMILES string of the molecule is CCOc1cc([C@@H]2N=C(N)Nc3nc4cc5c(cc4n32)OCCCO5)cc(Br)c1OC. The molecule has 10 heteroatoms. The lowest BCUT2D eigenvalue weighted by molar-refractivity contribution is 0.297. The highest BCUT2D eigenvalue weighted by Gasteiger charge is 2.28.